The number of amides is 4. The largest absolute Gasteiger partial charge is 0.399 e. The number of nitrogens with zero attached hydrogens (tertiary/aromatic N) is 14. The first kappa shape index (κ1) is 71.1. The number of imidazole rings is 2. The number of anilines is 4. The molecule has 0 radical (unpaired) electrons. The highest BCUT2D eigenvalue weighted by Gasteiger charge is 2.41. The number of imide groups is 2. The summed E-state index contributed by atoms with van der Waals surface area (Å²) in [6.07, 6.45) is 0. The van der Waals surface area contributed by atoms with E-state index >= 15 is 0 Å². The van der Waals surface area contributed by atoms with Crippen LogP contribution < -0.4 is 21.3 Å². The number of hydrogen-bond donors (Lipinski definition) is 2. The average molecular weight is 1530 g/mol. The number of carbonyl (C=O) groups excluding carboxylic acids is 10. The molecule has 0 aliphatic carbocycles. The lowest BCUT2D eigenvalue weighted by Crippen LogP contribution is -2.30. The molecule has 0 saturated carbocycles. The molecule has 8 heterocycles. The molecule has 14 aromatic rings. The summed E-state index contributed by atoms with van der Waals surface area (Å²) in [6.45, 7) is 8.06. The maximum absolute atomic E-state index is 14.0. The Bertz CT molecular complexity index is 6870. The lowest BCUT2D eigenvalue weighted by Gasteiger charge is -2.17. The van der Waals surface area contributed by atoms with E-state index in [0.717, 1.165) is 54.7 Å². The van der Waals surface area contributed by atoms with Crippen LogP contribution in [0.1, 0.15) is 126 Å². The topological polar surface area (TPSA) is 382 Å². The van der Waals surface area contributed by atoms with E-state index in [1.807, 2.05) is 113 Å². The average Bonchev–Trinajstić information content (AvgIpc) is 1.57. The Labute approximate surface area is 655 Å². The molecule has 116 heavy (non-hydrogen) atoms. The number of benzene rings is 12. The lowest BCUT2D eigenvalue weighted by molar-refractivity contribution is 0.0425. The van der Waals surface area contributed by atoms with Crippen molar-refractivity contribution >= 4 is 150 Å². The number of nitrogens with two attached hydrogens (primary N) is 2. The molecule has 4 N–H and O–H groups in total. The Hall–Kier alpha value is -16.5. The number of nitrogen functional groups attached to an aromatic ring is 2. The molecular formula is C88H54N16O12. The van der Waals surface area contributed by atoms with E-state index in [-0.39, 0.29) is 67.7 Å². The van der Waals surface area contributed by atoms with Gasteiger partial charge in [0.15, 0.2) is 0 Å². The van der Waals surface area contributed by atoms with Crippen LogP contribution in [0.3, 0.4) is 0 Å². The van der Waals surface area contributed by atoms with E-state index in [1.54, 1.807) is 75.9 Å². The van der Waals surface area contributed by atoms with Crippen LogP contribution in [0.25, 0.3) is 56.0 Å². The van der Waals surface area contributed by atoms with E-state index in [0.29, 0.717) is 95.8 Å². The van der Waals surface area contributed by atoms with Gasteiger partial charge in [-0.05, 0) is 267 Å². The Kier molecular flexibility index (Phi) is 17.0. The zero-order chi connectivity index (χ0) is 80.2. The van der Waals surface area contributed by atoms with Gasteiger partial charge < -0.3 is 20.9 Å². The highest BCUT2D eigenvalue weighted by molar-refractivity contribution is 6.36. The third-order valence-electron chi connectivity index (χ3n) is 20.4. The third kappa shape index (κ3) is 12.5. The second-order valence-electron chi connectivity index (χ2n) is 27.7. The number of rotatable bonds is 11. The minimum absolute atomic E-state index is 0.120. The number of cyclic esters (lactones) is 4. The summed E-state index contributed by atoms with van der Waals surface area (Å²) < 4.78 is 12.2. The molecule has 6 aliphatic heterocycles. The van der Waals surface area contributed by atoms with Gasteiger partial charge in [-0.3, -0.25) is 37.9 Å². The van der Waals surface area contributed by atoms with Gasteiger partial charge in [0.1, 0.15) is 11.6 Å². The summed E-state index contributed by atoms with van der Waals surface area (Å²) in [4.78, 5) is 140. The number of esters is 4. The first-order valence-electron chi connectivity index (χ1n) is 35.9. The van der Waals surface area contributed by atoms with Gasteiger partial charge in [0.25, 0.3) is 35.4 Å². The summed E-state index contributed by atoms with van der Waals surface area (Å²) in [5.74, 6) is -4.50. The second-order valence-corrected chi connectivity index (χ2v) is 27.7. The van der Waals surface area contributed by atoms with Crippen LogP contribution in [0.2, 0.25) is 0 Å². The quantitative estimate of drug-likeness (QED) is 0.0399. The Balaban J connectivity index is 0.000000240. The minimum atomic E-state index is -0.731. The van der Waals surface area contributed by atoms with Crippen molar-refractivity contribution < 1.29 is 57.4 Å². The van der Waals surface area contributed by atoms with Crippen LogP contribution in [-0.4, -0.2) is 78.4 Å². The standard InChI is InChI=1S/C66H40N12O6.C16H6N2O6.C6H8N2/c1-33-5-9-39(25-35(33)3)69-72-42-11-19-47-52(30-42)66(84)78-58-28-38(7-23-55(58)67-59(47)78)37-8-24-57-56(27-37)68-60-51-29-41(12-20-48(51)63(81)77(57)60)71-74-44-14-22-50-54(32-44)65(83)76(62(50)80)46-17-15-45(16-18-46)75-61(79)49-21-13-43(31-53(49)64(75)82)73-70-40-10-6-34(2)36(4)26-40;19-13-9-3-1-7(5-11(9)15(21)23-13)17-18-8-2-4-10-12(6-8)16(22)24-14(10)20;7-5-1-2-6(8)4-3-5/h5-32H,1-4H3;1-6H;1-4H,7-8H2. The van der Waals surface area contributed by atoms with Crippen LogP contribution in [0.4, 0.5) is 68.2 Å². The fraction of sp³-hybridized carbons (Fsp3) is 0.0455. The van der Waals surface area contributed by atoms with Crippen molar-refractivity contribution in [3.8, 4) is 33.9 Å². The third-order valence-corrected chi connectivity index (χ3v) is 20.4. The predicted octanol–water partition coefficient (Wildman–Crippen LogP) is 19.0. The van der Waals surface area contributed by atoms with Crippen molar-refractivity contribution in [2.45, 2.75) is 27.7 Å². The molecular weight excluding hydrogens is 1470 g/mol. The van der Waals surface area contributed by atoms with Gasteiger partial charge in [0.2, 0.25) is 0 Å². The fourth-order valence-electron chi connectivity index (χ4n) is 14.1. The molecule has 0 bridgehead atoms. The number of ether oxygens (including phenoxy) is 2. The lowest BCUT2D eigenvalue weighted by atomic mass is 10.0. The summed E-state index contributed by atoms with van der Waals surface area (Å²) in [7, 11) is 0. The molecule has 0 saturated heterocycles. The second kappa shape index (κ2) is 27.8. The summed E-state index contributed by atoms with van der Waals surface area (Å²) in [6, 6.07) is 64.6. The van der Waals surface area contributed by atoms with Crippen molar-refractivity contribution in [1.82, 2.24) is 19.1 Å². The summed E-state index contributed by atoms with van der Waals surface area (Å²) in [5, 5.41) is 34.2. The number of carbonyl (C=O) groups is 10. The highest BCUT2D eigenvalue weighted by atomic mass is 16.6. The van der Waals surface area contributed by atoms with Crippen LogP contribution in [0, 0.1) is 27.7 Å². The monoisotopic (exact) mass is 1530 g/mol. The number of fused-ring (bicyclic) bond motifs is 14. The smallest absolute Gasteiger partial charge is 0.346 e. The maximum atomic E-state index is 14.0. The predicted molar refractivity (Wildman–Crippen MR) is 427 cm³/mol. The molecule has 0 unspecified atom stereocenters. The van der Waals surface area contributed by atoms with Gasteiger partial charge in [0.05, 0.1) is 135 Å². The number of hydrogen-bond acceptors (Lipinski definition) is 24. The van der Waals surface area contributed by atoms with Gasteiger partial charge in [0, 0.05) is 22.5 Å². The Morgan fingerprint density at radius 1 is 0.259 bits per heavy atom. The van der Waals surface area contributed by atoms with E-state index in [9.17, 15) is 47.9 Å². The Morgan fingerprint density at radius 3 is 1.03 bits per heavy atom. The van der Waals surface area contributed by atoms with Gasteiger partial charge in [-0.1, -0.05) is 24.3 Å². The van der Waals surface area contributed by atoms with E-state index in [4.69, 9.17) is 21.4 Å². The molecule has 0 spiro atoms. The zero-order valence-corrected chi connectivity index (χ0v) is 61.3. The first-order valence-corrected chi connectivity index (χ1v) is 35.9. The van der Waals surface area contributed by atoms with Crippen LogP contribution in [0.5, 0.6) is 0 Å². The first-order chi connectivity index (χ1) is 56.0. The molecule has 6 aliphatic rings. The normalized spacial score (nSPS) is 14.1. The van der Waals surface area contributed by atoms with Crippen molar-refractivity contribution in [3.63, 3.8) is 0 Å². The fourth-order valence-corrected chi connectivity index (χ4v) is 14.1. The molecule has 28 heteroatoms. The van der Waals surface area contributed by atoms with Crippen molar-refractivity contribution in [3.05, 3.63) is 308 Å². The van der Waals surface area contributed by atoms with Gasteiger partial charge in [-0.2, -0.15) is 40.9 Å². The summed E-state index contributed by atoms with van der Waals surface area (Å²) >= 11 is 0. The van der Waals surface area contributed by atoms with Crippen LogP contribution in [-0.2, 0) is 9.47 Å². The minimum Gasteiger partial charge on any atom is -0.399 e. The molecule has 558 valence electrons. The molecule has 20 rings (SSSR count). The Morgan fingerprint density at radius 2 is 0.578 bits per heavy atom. The van der Waals surface area contributed by atoms with Crippen molar-refractivity contribution in [1.29, 1.82) is 0 Å². The molecule has 2 aromatic heterocycles. The zero-order valence-electron chi connectivity index (χ0n) is 61.3. The highest BCUT2D eigenvalue weighted by Crippen LogP contribution is 2.43. The maximum Gasteiger partial charge on any atom is 0.346 e. The molecule has 28 nitrogen and oxygen atoms in total. The van der Waals surface area contributed by atoms with Gasteiger partial charge in [-0.25, -0.2) is 38.9 Å². The van der Waals surface area contributed by atoms with E-state index < -0.39 is 47.5 Å². The van der Waals surface area contributed by atoms with Crippen molar-refractivity contribution in [2.24, 2.45) is 40.9 Å². The van der Waals surface area contributed by atoms with E-state index in [2.05, 4.69) is 50.4 Å². The van der Waals surface area contributed by atoms with Crippen LogP contribution >= 0.6 is 0 Å². The number of azo groups is 4. The number of aromatic nitrogens is 4. The molecule has 0 fully saturated rings. The molecule has 4 amide bonds. The van der Waals surface area contributed by atoms with E-state index in [1.165, 1.54) is 84.4 Å². The summed E-state index contributed by atoms with van der Waals surface area (Å²) in [5.41, 5.74) is 28.6. The molecule has 0 atom stereocenters. The number of aryl methyl sites for hydroxylation is 4. The molecule has 12 aromatic carbocycles. The van der Waals surface area contributed by atoms with Crippen LogP contribution in [0.15, 0.2) is 271 Å². The SMILES string of the molecule is Cc1ccc(N=Nc2ccc3c(c2)C(=O)N(c2ccc(N4C(=O)c5ccc(N=Nc6ccc7c(c6)-c6nc8cc(-c9ccc%10nc%11n(c%10c9)C(=O)c9cc(N=Nc%10ccc(C)c(C)c%10)ccc9-%11)ccc8n6C7=O)cc5C4=O)cc2)C3=O)cc1C.Nc1ccc(N)cc1.O=C1OC(=O)c2cc(N=Nc3ccc4c(c3)C(=O)OC4=O)ccc21. The van der Waals surface area contributed by atoms with Gasteiger partial charge >= 0.3 is 23.9 Å². The van der Waals surface area contributed by atoms with Gasteiger partial charge in [-0.15, -0.1) is 0 Å². The van der Waals surface area contributed by atoms with Crippen molar-refractivity contribution in [2.75, 3.05) is 21.3 Å².